The maximum absolute atomic E-state index is 12.2. The lowest BCUT2D eigenvalue weighted by Crippen LogP contribution is -2.38. The van der Waals surface area contributed by atoms with Crippen molar-refractivity contribution in [1.82, 2.24) is 4.90 Å². The van der Waals surface area contributed by atoms with Gasteiger partial charge in [-0.2, -0.15) is 0 Å². The van der Waals surface area contributed by atoms with E-state index in [-0.39, 0.29) is 5.91 Å². The van der Waals surface area contributed by atoms with Crippen LogP contribution < -0.4 is 0 Å². The fourth-order valence-electron chi connectivity index (χ4n) is 2.44. The summed E-state index contributed by atoms with van der Waals surface area (Å²) in [6.07, 6.45) is 3.91. The van der Waals surface area contributed by atoms with Crippen molar-refractivity contribution in [3.63, 3.8) is 0 Å². The highest BCUT2D eigenvalue weighted by atomic mass is 16.2. The highest BCUT2D eigenvalue weighted by Gasteiger charge is 2.20. The van der Waals surface area contributed by atoms with Gasteiger partial charge in [0.25, 0.3) is 0 Å². The largest absolute Gasteiger partial charge is 0.342 e. The summed E-state index contributed by atoms with van der Waals surface area (Å²) in [7, 11) is 0. The van der Waals surface area contributed by atoms with Gasteiger partial charge < -0.3 is 4.90 Å². The molecule has 0 atom stereocenters. The molecule has 0 saturated carbocycles. The molecular weight excluding hydrogens is 294 g/mol. The second-order valence-corrected chi connectivity index (χ2v) is 5.41. The second-order valence-electron chi connectivity index (χ2n) is 5.41. The number of benzene rings is 1. The zero-order valence-corrected chi connectivity index (χ0v) is 17.5. The molecule has 140 valence electrons. The molecule has 0 bridgehead atoms. The lowest BCUT2D eigenvalue weighted by molar-refractivity contribution is -0.131. The topological polar surface area (TPSA) is 20.3 Å². The number of hydrogen-bond acceptors (Lipinski definition) is 1. The Balaban J connectivity index is 0. The molecule has 2 heteroatoms. The first kappa shape index (κ1) is 24.9. The predicted molar refractivity (Wildman–Crippen MR) is 109 cm³/mol. The van der Waals surface area contributed by atoms with Crippen molar-refractivity contribution in [2.75, 3.05) is 13.1 Å². The normalized spacial score (nSPS) is 13.4. The standard InChI is InChI=1S/C16H23NO.3C2H6/c1-3-14-4-6-15(7-5-14)12-16(18)17-10-8-13(2)9-11-17;3*1-2/h4-7,13H,3,8-12H2,1-2H3;3*1-2H3. The Bertz CT molecular complexity index is 389. The Morgan fingerprint density at radius 1 is 0.917 bits per heavy atom. The zero-order chi connectivity index (χ0) is 19.0. The molecule has 1 amide bonds. The zero-order valence-electron chi connectivity index (χ0n) is 17.5. The van der Waals surface area contributed by atoms with Gasteiger partial charge in [0, 0.05) is 13.1 Å². The van der Waals surface area contributed by atoms with Crippen LogP contribution in [0.2, 0.25) is 0 Å². The van der Waals surface area contributed by atoms with E-state index < -0.39 is 0 Å². The summed E-state index contributed by atoms with van der Waals surface area (Å²) < 4.78 is 0. The first-order chi connectivity index (χ1) is 11.7. The average Bonchev–Trinajstić information content (AvgIpc) is 2.68. The summed E-state index contributed by atoms with van der Waals surface area (Å²) in [5, 5.41) is 0. The lowest BCUT2D eigenvalue weighted by atomic mass is 9.98. The molecule has 24 heavy (non-hydrogen) atoms. The number of hydrogen-bond donors (Lipinski definition) is 0. The Kier molecular flexibility index (Phi) is 17.2. The average molecular weight is 336 g/mol. The smallest absolute Gasteiger partial charge is 0.226 e. The van der Waals surface area contributed by atoms with Gasteiger partial charge in [-0.1, -0.05) is 79.7 Å². The lowest BCUT2D eigenvalue weighted by Gasteiger charge is -2.30. The van der Waals surface area contributed by atoms with Gasteiger partial charge in [-0.05, 0) is 36.3 Å². The number of amides is 1. The number of likely N-dealkylation sites (tertiary alicyclic amines) is 1. The summed E-state index contributed by atoms with van der Waals surface area (Å²) >= 11 is 0. The van der Waals surface area contributed by atoms with E-state index in [4.69, 9.17) is 0 Å². The molecule has 0 N–H and O–H groups in total. The molecule has 1 aliphatic heterocycles. The fraction of sp³-hybridized carbons (Fsp3) is 0.682. The van der Waals surface area contributed by atoms with E-state index in [9.17, 15) is 4.79 Å². The predicted octanol–water partition coefficient (Wildman–Crippen LogP) is 6.13. The van der Waals surface area contributed by atoms with Gasteiger partial charge in [-0.3, -0.25) is 4.79 Å². The second kappa shape index (κ2) is 16.5. The minimum absolute atomic E-state index is 0.283. The minimum atomic E-state index is 0.283. The van der Waals surface area contributed by atoms with Crippen molar-refractivity contribution >= 4 is 5.91 Å². The van der Waals surface area contributed by atoms with Gasteiger partial charge in [0.1, 0.15) is 0 Å². The number of rotatable bonds is 3. The first-order valence-electron chi connectivity index (χ1n) is 10.0. The summed E-state index contributed by atoms with van der Waals surface area (Å²) in [5.41, 5.74) is 2.47. The Labute approximate surface area is 151 Å². The SMILES string of the molecule is CC.CC.CC.CCc1ccc(CC(=O)N2CCC(C)CC2)cc1. The maximum Gasteiger partial charge on any atom is 0.226 e. The fourth-order valence-corrected chi connectivity index (χ4v) is 2.44. The minimum Gasteiger partial charge on any atom is -0.342 e. The van der Waals surface area contributed by atoms with E-state index in [1.54, 1.807) is 0 Å². The molecule has 1 saturated heterocycles. The van der Waals surface area contributed by atoms with Gasteiger partial charge in [0.15, 0.2) is 0 Å². The molecule has 1 aromatic carbocycles. The van der Waals surface area contributed by atoms with Crippen LogP contribution in [0.3, 0.4) is 0 Å². The van der Waals surface area contributed by atoms with Crippen molar-refractivity contribution in [2.24, 2.45) is 5.92 Å². The van der Waals surface area contributed by atoms with Crippen LogP contribution in [0.4, 0.5) is 0 Å². The third-order valence-electron chi connectivity index (χ3n) is 3.92. The number of aryl methyl sites for hydroxylation is 1. The molecule has 0 radical (unpaired) electrons. The number of carbonyl (C=O) groups is 1. The molecular formula is C22H41NO. The Morgan fingerprint density at radius 2 is 1.33 bits per heavy atom. The van der Waals surface area contributed by atoms with Crippen LogP contribution in [0.1, 0.15) is 79.4 Å². The molecule has 0 aliphatic carbocycles. The molecule has 1 heterocycles. The van der Waals surface area contributed by atoms with Crippen molar-refractivity contribution in [3.05, 3.63) is 35.4 Å². The van der Waals surface area contributed by atoms with Gasteiger partial charge in [0.2, 0.25) is 5.91 Å². The quantitative estimate of drug-likeness (QED) is 0.650. The summed E-state index contributed by atoms with van der Waals surface area (Å²) in [6, 6.07) is 8.42. The van der Waals surface area contributed by atoms with Crippen molar-refractivity contribution < 1.29 is 4.79 Å². The van der Waals surface area contributed by atoms with Crippen LogP contribution in [-0.4, -0.2) is 23.9 Å². The van der Waals surface area contributed by atoms with Crippen molar-refractivity contribution in [1.29, 1.82) is 0 Å². The summed E-state index contributed by atoms with van der Waals surface area (Å²) in [6.45, 7) is 18.3. The van der Waals surface area contributed by atoms with Crippen LogP contribution in [0.15, 0.2) is 24.3 Å². The van der Waals surface area contributed by atoms with Gasteiger partial charge >= 0.3 is 0 Å². The Morgan fingerprint density at radius 3 is 1.75 bits per heavy atom. The van der Waals surface area contributed by atoms with E-state index in [1.807, 2.05) is 46.4 Å². The number of nitrogens with zero attached hydrogens (tertiary/aromatic N) is 1. The van der Waals surface area contributed by atoms with E-state index >= 15 is 0 Å². The monoisotopic (exact) mass is 335 g/mol. The van der Waals surface area contributed by atoms with Crippen LogP contribution in [0.5, 0.6) is 0 Å². The van der Waals surface area contributed by atoms with Crippen LogP contribution >= 0.6 is 0 Å². The molecule has 2 nitrogen and oxygen atoms in total. The van der Waals surface area contributed by atoms with Crippen molar-refractivity contribution in [3.8, 4) is 0 Å². The third-order valence-corrected chi connectivity index (χ3v) is 3.92. The van der Waals surface area contributed by atoms with E-state index in [0.29, 0.717) is 6.42 Å². The molecule has 2 rings (SSSR count). The summed E-state index contributed by atoms with van der Waals surface area (Å²) in [4.78, 5) is 14.2. The molecule has 0 aromatic heterocycles. The van der Waals surface area contributed by atoms with Gasteiger partial charge in [0.05, 0.1) is 6.42 Å². The van der Waals surface area contributed by atoms with E-state index in [0.717, 1.165) is 43.8 Å². The third kappa shape index (κ3) is 9.75. The maximum atomic E-state index is 12.2. The Hall–Kier alpha value is -1.31. The number of carbonyl (C=O) groups excluding carboxylic acids is 1. The van der Waals surface area contributed by atoms with Crippen LogP contribution in [0.25, 0.3) is 0 Å². The highest BCUT2D eigenvalue weighted by Crippen LogP contribution is 2.17. The number of piperidine rings is 1. The van der Waals surface area contributed by atoms with Gasteiger partial charge in [-0.25, -0.2) is 0 Å². The molecule has 1 aromatic rings. The van der Waals surface area contributed by atoms with E-state index in [2.05, 4.69) is 38.1 Å². The van der Waals surface area contributed by atoms with E-state index in [1.165, 1.54) is 5.56 Å². The van der Waals surface area contributed by atoms with Gasteiger partial charge in [-0.15, -0.1) is 0 Å². The highest BCUT2D eigenvalue weighted by molar-refractivity contribution is 5.78. The molecule has 0 spiro atoms. The van der Waals surface area contributed by atoms with Crippen LogP contribution in [-0.2, 0) is 17.6 Å². The van der Waals surface area contributed by atoms with Crippen LogP contribution in [0, 0.1) is 5.92 Å². The molecule has 0 unspecified atom stereocenters. The first-order valence-corrected chi connectivity index (χ1v) is 10.0. The summed E-state index contributed by atoms with van der Waals surface area (Å²) in [5.74, 6) is 1.06. The van der Waals surface area contributed by atoms with Crippen molar-refractivity contribution in [2.45, 2.75) is 81.1 Å². The molecule has 1 aliphatic rings. The molecule has 1 fully saturated rings.